The fourth-order valence-electron chi connectivity index (χ4n) is 11.4. The lowest BCUT2D eigenvalue weighted by atomic mass is 10.00. The normalized spacial score (nSPS) is 14.4. The highest BCUT2D eigenvalue weighted by Gasteiger charge is 2.30. The second-order valence-corrected chi connectivity index (χ2v) is 31.1. The molecular weight excluding hydrogens is 1230 g/mol. The van der Waals surface area contributed by atoms with E-state index in [1.54, 1.807) is 0 Å². The van der Waals surface area contributed by atoms with Crippen LogP contribution in [0.15, 0.2) is 0 Å². The van der Waals surface area contributed by atoms with E-state index in [1.165, 1.54) is 186 Å². The summed E-state index contributed by atoms with van der Waals surface area (Å²) in [6.07, 6.45) is 51.4. The number of ether oxygens (including phenoxy) is 4. The predicted molar refractivity (Wildman–Crippen MR) is 381 cm³/mol. The van der Waals surface area contributed by atoms with Gasteiger partial charge in [-0.25, -0.2) is 9.13 Å². The monoisotopic (exact) mass is 1380 g/mol. The average molecular weight is 1380 g/mol. The van der Waals surface area contributed by atoms with E-state index in [0.29, 0.717) is 25.7 Å². The third-order valence-electron chi connectivity index (χ3n) is 17.7. The zero-order chi connectivity index (χ0) is 69.4. The quantitative estimate of drug-likeness (QED) is 0.0222. The molecule has 0 saturated carbocycles. The number of aliphatic hydroxyl groups excluding tert-OH is 1. The van der Waals surface area contributed by atoms with E-state index in [0.717, 1.165) is 114 Å². The van der Waals surface area contributed by atoms with Crippen LogP contribution in [0.4, 0.5) is 0 Å². The summed E-state index contributed by atoms with van der Waals surface area (Å²) >= 11 is 0. The van der Waals surface area contributed by atoms with Gasteiger partial charge < -0.3 is 33.8 Å². The highest BCUT2D eigenvalue weighted by atomic mass is 31.2. The molecule has 0 fully saturated rings. The molecule has 0 aromatic rings. The molecule has 0 aliphatic heterocycles. The van der Waals surface area contributed by atoms with Gasteiger partial charge in [0.1, 0.15) is 19.3 Å². The molecule has 0 heterocycles. The molecule has 6 atom stereocenters. The zero-order valence-electron chi connectivity index (χ0n) is 61.4. The summed E-state index contributed by atoms with van der Waals surface area (Å²) in [5, 5.41) is 10.6. The molecule has 0 bridgehead atoms. The Morgan fingerprint density at radius 3 is 0.809 bits per heavy atom. The van der Waals surface area contributed by atoms with E-state index in [9.17, 15) is 43.2 Å². The van der Waals surface area contributed by atoms with Crippen LogP contribution in [0.5, 0.6) is 0 Å². The number of phosphoric acid groups is 2. The Morgan fingerprint density at radius 2 is 0.543 bits per heavy atom. The summed E-state index contributed by atoms with van der Waals surface area (Å²) in [5.74, 6) is 0.131. The lowest BCUT2D eigenvalue weighted by Gasteiger charge is -2.21. The van der Waals surface area contributed by atoms with Gasteiger partial charge in [-0.15, -0.1) is 0 Å². The summed E-state index contributed by atoms with van der Waals surface area (Å²) in [5.41, 5.74) is 0. The molecule has 0 aromatic heterocycles. The summed E-state index contributed by atoms with van der Waals surface area (Å²) < 4.78 is 68.5. The minimum absolute atomic E-state index is 0.104. The van der Waals surface area contributed by atoms with Crippen molar-refractivity contribution in [2.45, 2.75) is 401 Å². The standard InChI is InChI=1S/C75H146O17P2/c1-8-10-11-12-13-14-15-16-18-22-25-28-34-42-49-56-72(77)85-62-70(91-74(79)58-51-44-35-29-26-23-20-17-19-21-24-27-32-39-46-53-66(3)4)64-89-93(81,82)87-60-69(76)61-88-94(83,84)90-65-71(63-86-73(78)57-50-43-38-37-41-48-55-68(7)9-2)92-75(80)59-52-45-36-31-30-33-40-47-54-67(5)6/h66-71,76H,8-65H2,1-7H3,(H,81,82)(H,83,84)/t68?,69-,70-,71-/m1/s1. The van der Waals surface area contributed by atoms with Gasteiger partial charge in [-0.05, 0) is 43.4 Å². The number of aliphatic hydroxyl groups is 1. The van der Waals surface area contributed by atoms with Gasteiger partial charge in [0.25, 0.3) is 0 Å². The Hall–Kier alpha value is -1.94. The van der Waals surface area contributed by atoms with E-state index in [-0.39, 0.29) is 25.7 Å². The molecule has 0 aliphatic rings. The molecule has 0 rings (SSSR count). The van der Waals surface area contributed by atoms with Crippen LogP contribution >= 0.6 is 15.6 Å². The highest BCUT2D eigenvalue weighted by molar-refractivity contribution is 7.47. The number of phosphoric ester groups is 2. The lowest BCUT2D eigenvalue weighted by Crippen LogP contribution is -2.30. The molecule has 0 saturated heterocycles. The van der Waals surface area contributed by atoms with Crippen molar-refractivity contribution >= 4 is 39.5 Å². The van der Waals surface area contributed by atoms with Crippen molar-refractivity contribution in [2.24, 2.45) is 17.8 Å². The molecule has 19 heteroatoms. The highest BCUT2D eigenvalue weighted by Crippen LogP contribution is 2.45. The summed E-state index contributed by atoms with van der Waals surface area (Å²) in [7, 11) is -9.91. The van der Waals surface area contributed by atoms with Gasteiger partial charge in [0.05, 0.1) is 26.4 Å². The van der Waals surface area contributed by atoms with Crippen LogP contribution in [0, 0.1) is 17.8 Å². The predicted octanol–water partition coefficient (Wildman–Crippen LogP) is 21.8. The van der Waals surface area contributed by atoms with Crippen LogP contribution in [0.25, 0.3) is 0 Å². The minimum atomic E-state index is -4.96. The van der Waals surface area contributed by atoms with Crippen molar-refractivity contribution in [1.82, 2.24) is 0 Å². The first kappa shape index (κ1) is 92.1. The number of carbonyl (C=O) groups is 4. The summed E-state index contributed by atoms with van der Waals surface area (Å²) in [4.78, 5) is 72.7. The van der Waals surface area contributed by atoms with Crippen molar-refractivity contribution < 1.29 is 80.2 Å². The number of carbonyl (C=O) groups excluding carboxylic acids is 4. The molecule has 17 nitrogen and oxygen atoms in total. The second-order valence-electron chi connectivity index (χ2n) is 28.2. The molecule has 0 aliphatic carbocycles. The Balaban J connectivity index is 5.24. The van der Waals surface area contributed by atoms with Gasteiger partial charge in [-0.3, -0.25) is 37.3 Å². The first-order chi connectivity index (χ1) is 45.3. The van der Waals surface area contributed by atoms with Crippen LogP contribution in [0.3, 0.4) is 0 Å². The molecule has 0 amide bonds. The Morgan fingerprint density at radius 1 is 0.309 bits per heavy atom. The largest absolute Gasteiger partial charge is 0.472 e. The average Bonchev–Trinajstić information content (AvgIpc) is 1.38. The maximum Gasteiger partial charge on any atom is 0.472 e. The molecular formula is C75H146O17P2. The van der Waals surface area contributed by atoms with Crippen molar-refractivity contribution in [3.8, 4) is 0 Å². The molecule has 0 radical (unpaired) electrons. The number of esters is 4. The smallest absolute Gasteiger partial charge is 0.462 e. The van der Waals surface area contributed by atoms with Gasteiger partial charge in [0.15, 0.2) is 12.2 Å². The van der Waals surface area contributed by atoms with E-state index >= 15 is 0 Å². The van der Waals surface area contributed by atoms with Crippen molar-refractivity contribution in [2.75, 3.05) is 39.6 Å². The number of hydrogen-bond donors (Lipinski definition) is 3. The van der Waals surface area contributed by atoms with Crippen LogP contribution in [-0.2, 0) is 65.4 Å². The fraction of sp³-hybridized carbons (Fsp3) is 0.947. The van der Waals surface area contributed by atoms with Gasteiger partial charge in [-0.2, -0.15) is 0 Å². The van der Waals surface area contributed by atoms with E-state index in [4.69, 9.17) is 37.0 Å². The van der Waals surface area contributed by atoms with Crippen molar-refractivity contribution in [3.63, 3.8) is 0 Å². The van der Waals surface area contributed by atoms with Crippen molar-refractivity contribution in [1.29, 1.82) is 0 Å². The van der Waals surface area contributed by atoms with Crippen LogP contribution in [0.1, 0.15) is 382 Å². The van der Waals surface area contributed by atoms with Gasteiger partial charge in [0.2, 0.25) is 0 Å². The van der Waals surface area contributed by atoms with Crippen LogP contribution < -0.4 is 0 Å². The van der Waals surface area contributed by atoms with E-state index in [2.05, 4.69) is 48.5 Å². The molecule has 94 heavy (non-hydrogen) atoms. The van der Waals surface area contributed by atoms with E-state index in [1.807, 2.05) is 0 Å². The summed E-state index contributed by atoms with van der Waals surface area (Å²) in [6, 6.07) is 0. The lowest BCUT2D eigenvalue weighted by molar-refractivity contribution is -0.161. The Bertz CT molecular complexity index is 1840. The SMILES string of the molecule is CCCCCCCCCCCCCCCCCC(=O)OC[C@H](COP(=O)(O)OC[C@@H](O)COP(=O)(O)OC[C@@H](COC(=O)CCCCCCCCC(C)CC)OC(=O)CCCCCCCCCCC(C)C)OC(=O)CCCCCCCCCCCCCCCCCC(C)C. The van der Waals surface area contributed by atoms with Crippen molar-refractivity contribution in [3.05, 3.63) is 0 Å². The number of hydrogen-bond acceptors (Lipinski definition) is 15. The first-order valence-corrected chi connectivity index (χ1v) is 41.9. The molecule has 3 unspecified atom stereocenters. The van der Waals surface area contributed by atoms with Gasteiger partial charge >= 0.3 is 39.5 Å². The number of rotatable bonds is 73. The Labute approximate surface area is 575 Å². The molecule has 558 valence electrons. The molecule has 3 N–H and O–H groups in total. The second kappa shape index (κ2) is 65.7. The van der Waals surface area contributed by atoms with Crippen LogP contribution in [0.2, 0.25) is 0 Å². The maximum absolute atomic E-state index is 13.1. The molecule has 0 aromatic carbocycles. The summed E-state index contributed by atoms with van der Waals surface area (Å²) in [6.45, 7) is 11.8. The third kappa shape index (κ3) is 67.3. The molecule has 0 spiro atoms. The fourth-order valence-corrected chi connectivity index (χ4v) is 13.0. The Kier molecular flexibility index (Phi) is 64.3. The topological polar surface area (TPSA) is 237 Å². The third-order valence-corrected chi connectivity index (χ3v) is 19.6. The first-order valence-electron chi connectivity index (χ1n) is 38.9. The van der Waals surface area contributed by atoms with Gasteiger partial charge in [-0.1, -0.05) is 331 Å². The maximum atomic E-state index is 13.1. The van der Waals surface area contributed by atoms with Gasteiger partial charge in [0, 0.05) is 25.7 Å². The zero-order valence-corrected chi connectivity index (χ0v) is 63.2. The number of unbranched alkanes of at least 4 members (excludes halogenated alkanes) is 40. The van der Waals surface area contributed by atoms with Crippen LogP contribution in [-0.4, -0.2) is 96.7 Å². The minimum Gasteiger partial charge on any atom is -0.462 e. The van der Waals surface area contributed by atoms with E-state index < -0.39 is 97.5 Å².